The molecular weight excluding hydrogens is 352 g/mol. The van der Waals surface area contributed by atoms with Crippen LogP contribution in [0.15, 0.2) is 29.2 Å². The Morgan fingerprint density at radius 2 is 2.00 bits per heavy atom. The highest BCUT2D eigenvalue weighted by atomic mass is 32.2. The van der Waals surface area contributed by atoms with E-state index in [0.717, 1.165) is 32.1 Å². The number of amides is 1. The molecule has 3 fully saturated rings. The van der Waals surface area contributed by atoms with Gasteiger partial charge in [0, 0.05) is 43.6 Å². The van der Waals surface area contributed by atoms with E-state index in [2.05, 4.69) is 0 Å². The molecule has 0 radical (unpaired) electrons. The molecule has 1 atom stereocenters. The Bertz CT molecular complexity index is 806. The largest absolute Gasteiger partial charge is 0.497 e. The summed E-state index contributed by atoms with van der Waals surface area (Å²) < 4.78 is 33.1. The molecule has 1 aromatic rings. The molecule has 1 aliphatic carbocycles. The number of carbonyl (C=O) groups excluding carboxylic acids is 1. The van der Waals surface area contributed by atoms with E-state index in [9.17, 15) is 13.2 Å². The van der Waals surface area contributed by atoms with E-state index in [-0.39, 0.29) is 16.2 Å². The molecule has 1 unspecified atom stereocenters. The number of piperidine rings is 2. The highest BCUT2D eigenvalue weighted by Crippen LogP contribution is 2.43. The molecule has 0 aromatic heterocycles. The van der Waals surface area contributed by atoms with Crippen LogP contribution in [-0.4, -0.2) is 56.3 Å². The Morgan fingerprint density at radius 3 is 2.73 bits per heavy atom. The van der Waals surface area contributed by atoms with E-state index in [4.69, 9.17) is 4.74 Å². The van der Waals surface area contributed by atoms with Crippen molar-refractivity contribution >= 4 is 15.9 Å². The van der Waals surface area contributed by atoms with Gasteiger partial charge in [0.1, 0.15) is 5.75 Å². The first-order chi connectivity index (χ1) is 12.4. The zero-order valence-electron chi connectivity index (χ0n) is 15.2. The summed E-state index contributed by atoms with van der Waals surface area (Å²) in [6, 6.07) is 7.05. The predicted octanol–water partition coefficient (Wildman–Crippen LogP) is 2.25. The molecule has 0 N–H and O–H groups in total. The van der Waals surface area contributed by atoms with Crippen LogP contribution in [0.4, 0.5) is 0 Å². The third kappa shape index (κ3) is 3.22. The fourth-order valence-electron chi connectivity index (χ4n) is 4.37. The van der Waals surface area contributed by atoms with Gasteiger partial charge < -0.3 is 9.64 Å². The lowest BCUT2D eigenvalue weighted by Gasteiger charge is -2.48. The van der Waals surface area contributed by atoms with Gasteiger partial charge in [-0.05, 0) is 44.2 Å². The summed E-state index contributed by atoms with van der Waals surface area (Å²) in [4.78, 5) is 14.5. The molecule has 26 heavy (non-hydrogen) atoms. The van der Waals surface area contributed by atoms with E-state index in [1.165, 1.54) is 7.11 Å². The van der Waals surface area contributed by atoms with Crippen molar-refractivity contribution in [3.63, 3.8) is 0 Å². The second-order valence-electron chi connectivity index (χ2n) is 7.87. The number of methoxy groups -OCH3 is 1. The Morgan fingerprint density at radius 1 is 1.19 bits per heavy atom. The number of rotatable bonds is 4. The molecule has 1 amide bonds. The lowest BCUT2D eigenvalue weighted by molar-refractivity contribution is -0.139. The summed E-state index contributed by atoms with van der Waals surface area (Å²) in [7, 11) is -2.02. The zero-order valence-corrected chi connectivity index (χ0v) is 16.0. The van der Waals surface area contributed by atoms with Crippen molar-refractivity contribution in [3.8, 4) is 5.75 Å². The number of benzene rings is 1. The van der Waals surface area contributed by atoms with Crippen molar-refractivity contribution in [1.82, 2.24) is 9.21 Å². The lowest BCUT2D eigenvalue weighted by Crippen LogP contribution is -2.55. The maximum absolute atomic E-state index is 13.2. The highest BCUT2D eigenvalue weighted by Gasteiger charge is 2.47. The van der Waals surface area contributed by atoms with E-state index < -0.39 is 10.0 Å². The van der Waals surface area contributed by atoms with Crippen LogP contribution < -0.4 is 4.74 Å². The van der Waals surface area contributed by atoms with Gasteiger partial charge >= 0.3 is 0 Å². The first-order valence-corrected chi connectivity index (χ1v) is 10.8. The normalized spacial score (nSPS) is 27.7. The maximum Gasteiger partial charge on any atom is 0.243 e. The fraction of sp³-hybridized carbons (Fsp3) is 0.632. The molecule has 1 aromatic carbocycles. The molecule has 3 aliphatic rings. The Labute approximate surface area is 155 Å². The minimum atomic E-state index is -3.56. The van der Waals surface area contributed by atoms with E-state index in [1.54, 1.807) is 28.6 Å². The van der Waals surface area contributed by atoms with Crippen LogP contribution in [0.2, 0.25) is 0 Å². The molecule has 142 valence electrons. The summed E-state index contributed by atoms with van der Waals surface area (Å²) in [5.41, 5.74) is -0.0965. The van der Waals surface area contributed by atoms with Gasteiger partial charge in [0.05, 0.1) is 12.0 Å². The zero-order chi connectivity index (χ0) is 18.4. The third-order valence-corrected chi connectivity index (χ3v) is 7.83. The fourth-order valence-corrected chi connectivity index (χ4v) is 6.00. The van der Waals surface area contributed by atoms with Gasteiger partial charge in [0.25, 0.3) is 0 Å². The van der Waals surface area contributed by atoms with E-state index >= 15 is 0 Å². The number of hydrogen-bond donors (Lipinski definition) is 0. The number of nitrogens with zero attached hydrogens (tertiary/aromatic N) is 2. The van der Waals surface area contributed by atoms with Crippen LogP contribution >= 0.6 is 0 Å². The van der Waals surface area contributed by atoms with Crippen LogP contribution in [-0.2, 0) is 14.8 Å². The minimum absolute atomic E-state index is 0.0965. The molecule has 0 bridgehead atoms. The number of hydrogen-bond acceptors (Lipinski definition) is 4. The molecule has 2 heterocycles. The monoisotopic (exact) mass is 378 g/mol. The van der Waals surface area contributed by atoms with Crippen molar-refractivity contribution in [3.05, 3.63) is 24.3 Å². The molecule has 1 saturated carbocycles. The topological polar surface area (TPSA) is 66.9 Å². The van der Waals surface area contributed by atoms with Gasteiger partial charge in [-0.2, -0.15) is 4.31 Å². The SMILES string of the molecule is COc1cccc(S(=O)(=O)N2CCCC3(CCC(=O)N(C4CC4)C3)C2)c1. The molecule has 1 spiro atoms. The molecule has 4 rings (SSSR count). The molecular formula is C19H26N2O4S. The summed E-state index contributed by atoms with van der Waals surface area (Å²) >= 11 is 0. The lowest BCUT2D eigenvalue weighted by atomic mass is 9.74. The molecule has 6 nitrogen and oxygen atoms in total. The number of sulfonamides is 1. The Kier molecular flexibility index (Phi) is 4.47. The van der Waals surface area contributed by atoms with Gasteiger partial charge in [-0.3, -0.25) is 4.79 Å². The van der Waals surface area contributed by atoms with Crippen molar-refractivity contribution in [2.24, 2.45) is 5.41 Å². The number of carbonyl (C=O) groups is 1. The van der Waals surface area contributed by atoms with Gasteiger partial charge in [-0.15, -0.1) is 0 Å². The predicted molar refractivity (Wildman–Crippen MR) is 97.4 cm³/mol. The summed E-state index contributed by atoms with van der Waals surface area (Å²) in [6.45, 7) is 1.75. The number of likely N-dealkylation sites (tertiary alicyclic amines) is 1. The average Bonchev–Trinajstić information content (AvgIpc) is 3.49. The third-order valence-electron chi connectivity index (χ3n) is 5.99. The van der Waals surface area contributed by atoms with Gasteiger partial charge in [-0.1, -0.05) is 6.07 Å². The van der Waals surface area contributed by atoms with E-state index in [0.29, 0.717) is 37.8 Å². The Hall–Kier alpha value is -1.60. The summed E-state index contributed by atoms with van der Waals surface area (Å²) in [5.74, 6) is 0.784. The van der Waals surface area contributed by atoms with Crippen molar-refractivity contribution < 1.29 is 17.9 Å². The van der Waals surface area contributed by atoms with E-state index in [1.807, 2.05) is 4.90 Å². The number of ether oxygens (including phenoxy) is 1. The van der Waals surface area contributed by atoms with Crippen molar-refractivity contribution in [1.29, 1.82) is 0 Å². The maximum atomic E-state index is 13.2. The standard InChI is InChI=1S/C19H26N2O4S/c1-25-16-4-2-5-17(12-16)26(23,24)20-11-3-9-19(13-20)10-8-18(22)21(14-19)15-6-7-15/h2,4-5,12,15H,3,6-11,13-14H2,1H3. The Balaban J connectivity index is 1.57. The molecule has 2 aliphatic heterocycles. The summed E-state index contributed by atoms with van der Waals surface area (Å²) in [5, 5.41) is 0. The van der Waals surface area contributed by atoms with Crippen LogP contribution in [0.25, 0.3) is 0 Å². The van der Waals surface area contributed by atoms with Crippen LogP contribution in [0.5, 0.6) is 5.75 Å². The quantitative estimate of drug-likeness (QED) is 0.806. The first-order valence-electron chi connectivity index (χ1n) is 9.37. The van der Waals surface area contributed by atoms with Crippen molar-refractivity contribution in [2.45, 2.75) is 49.5 Å². The van der Waals surface area contributed by atoms with Crippen LogP contribution in [0.3, 0.4) is 0 Å². The van der Waals surface area contributed by atoms with Crippen molar-refractivity contribution in [2.75, 3.05) is 26.7 Å². The van der Waals surface area contributed by atoms with Gasteiger partial charge in [0.2, 0.25) is 15.9 Å². The van der Waals surface area contributed by atoms with Crippen LogP contribution in [0, 0.1) is 5.41 Å². The van der Waals surface area contributed by atoms with Gasteiger partial charge in [0.15, 0.2) is 0 Å². The first kappa shape index (κ1) is 17.8. The minimum Gasteiger partial charge on any atom is -0.497 e. The van der Waals surface area contributed by atoms with Crippen LogP contribution in [0.1, 0.15) is 38.5 Å². The second kappa shape index (κ2) is 6.53. The molecule has 7 heteroatoms. The highest BCUT2D eigenvalue weighted by molar-refractivity contribution is 7.89. The van der Waals surface area contributed by atoms with Gasteiger partial charge in [-0.25, -0.2) is 8.42 Å². The second-order valence-corrected chi connectivity index (χ2v) is 9.81. The summed E-state index contributed by atoms with van der Waals surface area (Å²) in [6.07, 6.45) is 5.35. The molecule has 2 saturated heterocycles. The smallest absolute Gasteiger partial charge is 0.243 e. The average molecular weight is 378 g/mol.